The Morgan fingerprint density at radius 2 is 2.33 bits per heavy atom. The van der Waals surface area contributed by atoms with Crippen LogP contribution < -0.4 is 5.32 Å². The van der Waals surface area contributed by atoms with E-state index in [0.29, 0.717) is 31.3 Å². The Kier molecular flexibility index (Phi) is 5.79. The highest BCUT2D eigenvalue weighted by Gasteiger charge is 2.20. The Balaban J connectivity index is 1.71. The molecule has 1 aromatic heterocycles. The van der Waals surface area contributed by atoms with Crippen LogP contribution in [0.5, 0.6) is 0 Å². The van der Waals surface area contributed by atoms with Gasteiger partial charge in [-0.15, -0.1) is 0 Å². The van der Waals surface area contributed by atoms with Gasteiger partial charge in [-0.2, -0.15) is 0 Å². The number of amides is 1. The van der Waals surface area contributed by atoms with E-state index < -0.39 is 0 Å². The van der Waals surface area contributed by atoms with Crippen molar-refractivity contribution >= 4 is 5.91 Å². The summed E-state index contributed by atoms with van der Waals surface area (Å²) in [5.74, 6) is 1.90. The molecule has 1 aliphatic carbocycles. The molecular formula is C16H27N3O2. The van der Waals surface area contributed by atoms with Crippen LogP contribution in [-0.2, 0) is 11.3 Å². The van der Waals surface area contributed by atoms with E-state index in [1.165, 1.54) is 0 Å². The minimum absolute atomic E-state index is 0.0819. The molecule has 1 saturated carbocycles. The molecule has 0 radical (unpaired) electrons. The lowest BCUT2D eigenvalue weighted by Gasteiger charge is -2.25. The first kappa shape index (κ1) is 16.0. The van der Waals surface area contributed by atoms with Gasteiger partial charge >= 0.3 is 0 Å². The van der Waals surface area contributed by atoms with Crippen LogP contribution in [0.15, 0.2) is 12.4 Å². The minimum atomic E-state index is -0.180. The number of carbonyl (C=O) groups is 1. The van der Waals surface area contributed by atoms with Crippen molar-refractivity contribution in [1.82, 2.24) is 14.9 Å². The molecule has 21 heavy (non-hydrogen) atoms. The SMILES string of the molecule is CC(C)c1nccn1CCC(=O)NCC1CCCC(O)C1. The molecule has 1 amide bonds. The molecule has 0 aromatic carbocycles. The van der Waals surface area contributed by atoms with Crippen LogP contribution in [0.25, 0.3) is 0 Å². The number of aliphatic hydroxyl groups is 1. The number of aliphatic hydroxyl groups excluding tert-OH is 1. The summed E-state index contributed by atoms with van der Waals surface area (Å²) >= 11 is 0. The molecule has 0 saturated heterocycles. The summed E-state index contributed by atoms with van der Waals surface area (Å²) in [5.41, 5.74) is 0. The van der Waals surface area contributed by atoms with E-state index in [1.54, 1.807) is 6.20 Å². The number of hydrogen-bond donors (Lipinski definition) is 2. The van der Waals surface area contributed by atoms with Gasteiger partial charge in [-0.3, -0.25) is 4.79 Å². The van der Waals surface area contributed by atoms with E-state index in [9.17, 15) is 9.90 Å². The molecule has 118 valence electrons. The Hall–Kier alpha value is -1.36. The molecule has 0 bridgehead atoms. The van der Waals surface area contributed by atoms with E-state index in [2.05, 4.69) is 28.7 Å². The van der Waals surface area contributed by atoms with Crippen molar-refractivity contribution in [2.24, 2.45) is 5.92 Å². The van der Waals surface area contributed by atoms with Crippen LogP contribution in [0.1, 0.15) is 57.7 Å². The molecule has 1 heterocycles. The Morgan fingerprint density at radius 3 is 3.05 bits per heavy atom. The van der Waals surface area contributed by atoms with E-state index in [-0.39, 0.29) is 12.0 Å². The van der Waals surface area contributed by atoms with Gasteiger partial charge in [0.2, 0.25) is 5.91 Å². The first-order valence-corrected chi connectivity index (χ1v) is 8.02. The fourth-order valence-electron chi connectivity index (χ4n) is 3.03. The van der Waals surface area contributed by atoms with Gasteiger partial charge in [0.15, 0.2) is 0 Å². The first-order chi connectivity index (χ1) is 10.1. The third-order valence-corrected chi connectivity index (χ3v) is 4.19. The number of rotatable bonds is 6. The molecule has 5 heteroatoms. The lowest BCUT2D eigenvalue weighted by Crippen LogP contribution is -2.33. The summed E-state index contributed by atoms with van der Waals surface area (Å²) in [4.78, 5) is 16.3. The van der Waals surface area contributed by atoms with Crippen LogP contribution >= 0.6 is 0 Å². The van der Waals surface area contributed by atoms with Crippen molar-refractivity contribution in [2.45, 2.75) is 64.5 Å². The summed E-state index contributed by atoms with van der Waals surface area (Å²) in [6.45, 7) is 5.57. The number of carbonyl (C=O) groups excluding carboxylic acids is 1. The van der Waals surface area contributed by atoms with E-state index in [0.717, 1.165) is 31.5 Å². The summed E-state index contributed by atoms with van der Waals surface area (Å²) < 4.78 is 2.05. The standard InChI is InChI=1S/C16H27N3O2/c1-12(2)16-17-7-9-19(16)8-6-15(21)18-11-13-4-3-5-14(20)10-13/h7,9,12-14,20H,3-6,8,10-11H2,1-2H3,(H,18,21). The first-order valence-electron chi connectivity index (χ1n) is 8.02. The fourth-order valence-corrected chi connectivity index (χ4v) is 3.03. The average molecular weight is 293 g/mol. The van der Waals surface area contributed by atoms with Crippen molar-refractivity contribution in [3.63, 3.8) is 0 Å². The molecule has 5 nitrogen and oxygen atoms in total. The minimum Gasteiger partial charge on any atom is -0.393 e. The molecule has 0 aliphatic heterocycles. The van der Waals surface area contributed by atoms with Gasteiger partial charge in [-0.05, 0) is 25.2 Å². The predicted molar refractivity (Wildman–Crippen MR) is 81.9 cm³/mol. The average Bonchev–Trinajstić information content (AvgIpc) is 2.91. The zero-order valence-electron chi connectivity index (χ0n) is 13.1. The lowest BCUT2D eigenvalue weighted by atomic mass is 9.87. The van der Waals surface area contributed by atoms with Gasteiger partial charge < -0.3 is 15.0 Å². The summed E-state index contributed by atoms with van der Waals surface area (Å²) in [6, 6.07) is 0. The van der Waals surface area contributed by atoms with Gasteiger partial charge in [0.25, 0.3) is 0 Å². The van der Waals surface area contributed by atoms with E-state index >= 15 is 0 Å². The Labute approximate surface area is 126 Å². The summed E-state index contributed by atoms with van der Waals surface area (Å²) in [5, 5.41) is 12.6. The molecule has 1 aromatic rings. The molecule has 0 spiro atoms. The van der Waals surface area contributed by atoms with Gasteiger partial charge in [-0.25, -0.2) is 4.98 Å². The monoisotopic (exact) mass is 293 g/mol. The maximum Gasteiger partial charge on any atom is 0.221 e. The third kappa shape index (κ3) is 4.84. The zero-order valence-corrected chi connectivity index (χ0v) is 13.1. The Morgan fingerprint density at radius 1 is 1.52 bits per heavy atom. The normalized spacial score (nSPS) is 22.5. The third-order valence-electron chi connectivity index (χ3n) is 4.19. The fraction of sp³-hybridized carbons (Fsp3) is 0.750. The van der Waals surface area contributed by atoms with E-state index in [1.807, 2.05) is 6.20 Å². The maximum atomic E-state index is 11.9. The van der Waals surface area contributed by atoms with Crippen LogP contribution in [0.4, 0.5) is 0 Å². The molecule has 1 aliphatic rings. The number of imidazole rings is 1. The van der Waals surface area contributed by atoms with Gasteiger partial charge in [0.05, 0.1) is 6.10 Å². The second-order valence-corrected chi connectivity index (χ2v) is 6.37. The second-order valence-electron chi connectivity index (χ2n) is 6.37. The van der Waals surface area contributed by atoms with Crippen molar-refractivity contribution in [3.8, 4) is 0 Å². The van der Waals surface area contributed by atoms with Crippen molar-refractivity contribution < 1.29 is 9.90 Å². The lowest BCUT2D eigenvalue weighted by molar-refractivity contribution is -0.121. The topological polar surface area (TPSA) is 67.2 Å². The maximum absolute atomic E-state index is 11.9. The van der Waals surface area contributed by atoms with Gasteiger partial charge in [-0.1, -0.05) is 20.3 Å². The number of aryl methyl sites for hydroxylation is 1. The second kappa shape index (κ2) is 7.59. The molecule has 2 atom stereocenters. The highest BCUT2D eigenvalue weighted by Crippen LogP contribution is 2.23. The molecular weight excluding hydrogens is 266 g/mol. The van der Waals surface area contributed by atoms with Crippen LogP contribution in [0.2, 0.25) is 0 Å². The molecule has 2 N–H and O–H groups in total. The highest BCUT2D eigenvalue weighted by atomic mass is 16.3. The Bertz CT molecular complexity index is 456. The quantitative estimate of drug-likeness (QED) is 0.843. The predicted octanol–water partition coefficient (Wildman–Crippen LogP) is 2.06. The molecule has 2 rings (SSSR count). The van der Waals surface area contributed by atoms with Gasteiger partial charge in [0.1, 0.15) is 5.82 Å². The van der Waals surface area contributed by atoms with Crippen LogP contribution in [0, 0.1) is 5.92 Å². The largest absolute Gasteiger partial charge is 0.393 e. The number of hydrogen-bond acceptors (Lipinski definition) is 3. The number of nitrogens with one attached hydrogen (secondary N) is 1. The van der Waals surface area contributed by atoms with Crippen LogP contribution in [-0.4, -0.2) is 33.2 Å². The van der Waals surface area contributed by atoms with Crippen molar-refractivity contribution in [2.75, 3.05) is 6.54 Å². The van der Waals surface area contributed by atoms with Crippen molar-refractivity contribution in [1.29, 1.82) is 0 Å². The van der Waals surface area contributed by atoms with E-state index in [4.69, 9.17) is 0 Å². The molecule has 1 fully saturated rings. The highest BCUT2D eigenvalue weighted by molar-refractivity contribution is 5.75. The molecule has 2 unspecified atom stereocenters. The number of aromatic nitrogens is 2. The smallest absolute Gasteiger partial charge is 0.221 e. The van der Waals surface area contributed by atoms with Crippen LogP contribution in [0.3, 0.4) is 0 Å². The van der Waals surface area contributed by atoms with Gasteiger partial charge in [0, 0.05) is 37.8 Å². The number of nitrogens with zero attached hydrogens (tertiary/aromatic N) is 2. The zero-order chi connectivity index (χ0) is 15.2. The summed E-state index contributed by atoms with van der Waals surface area (Å²) in [7, 11) is 0. The summed E-state index contributed by atoms with van der Waals surface area (Å²) in [6.07, 6.45) is 7.91. The van der Waals surface area contributed by atoms with Crippen molar-refractivity contribution in [3.05, 3.63) is 18.2 Å².